The summed E-state index contributed by atoms with van der Waals surface area (Å²) in [7, 11) is 0. The van der Waals surface area contributed by atoms with Gasteiger partial charge in [0.2, 0.25) is 0 Å². The van der Waals surface area contributed by atoms with Crippen molar-refractivity contribution in [1.29, 1.82) is 0 Å². The van der Waals surface area contributed by atoms with Gasteiger partial charge in [0.1, 0.15) is 0 Å². The molecule has 0 saturated heterocycles. The summed E-state index contributed by atoms with van der Waals surface area (Å²) < 4.78 is 1.63. The first kappa shape index (κ1) is 10.7. The van der Waals surface area contributed by atoms with Crippen LogP contribution in [-0.4, -0.2) is 5.97 Å². The van der Waals surface area contributed by atoms with Crippen molar-refractivity contribution < 1.29 is 9.63 Å². The van der Waals surface area contributed by atoms with Gasteiger partial charge in [0.15, 0.2) is 0 Å². The molecule has 0 fully saturated rings. The standard InChI is InChI=1S/C8H7Br2NO2/c1-4-6(8(12)13-11)2-5(9)3-7(4)10/h2-3H,11H2,1H3. The van der Waals surface area contributed by atoms with Gasteiger partial charge >= 0.3 is 5.97 Å². The van der Waals surface area contributed by atoms with E-state index in [-0.39, 0.29) is 0 Å². The largest absolute Gasteiger partial charge is 0.370 e. The quantitative estimate of drug-likeness (QED) is 0.811. The third kappa shape index (κ3) is 2.30. The van der Waals surface area contributed by atoms with E-state index in [9.17, 15) is 4.79 Å². The van der Waals surface area contributed by atoms with E-state index in [1.54, 1.807) is 6.07 Å². The topological polar surface area (TPSA) is 52.3 Å². The number of carbonyl (C=O) groups excluding carboxylic acids is 1. The van der Waals surface area contributed by atoms with Crippen LogP contribution >= 0.6 is 31.9 Å². The van der Waals surface area contributed by atoms with E-state index in [2.05, 4.69) is 36.7 Å². The highest BCUT2D eigenvalue weighted by molar-refractivity contribution is 9.11. The Hall–Kier alpha value is -0.390. The molecule has 0 saturated carbocycles. The first-order valence-electron chi connectivity index (χ1n) is 3.43. The lowest BCUT2D eigenvalue weighted by Crippen LogP contribution is -2.11. The molecule has 1 aromatic rings. The first-order valence-corrected chi connectivity index (χ1v) is 5.01. The predicted octanol–water partition coefficient (Wildman–Crippen LogP) is 2.55. The third-order valence-electron chi connectivity index (χ3n) is 1.64. The Balaban J connectivity index is 3.28. The van der Waals surface area contributed by atoms with Gasteiger partial charge in [-0.05, 0) is 24.6 Å². The molecule has 1 rings (SSSR count). The maximum absolute atomic E-state index is 11.1. The van der Waals surface area contributed by atoms with Crippen molar-refractivity contribution in [2.75, 3.05) is 0 Å². The summed E-state index contributed by atoms with van der Waals surface area (Å²) >= 11 is 6.58. The van der Waals surface area contributed by atoms with Crippen LogP contribution in [0, 0.1) is 6.92 Å². The number of hydrogen-bond donors (Lipinski definition) is 1. The van der Waals surface area contributed by atoms with Gasteiger partial charge in [-0.15, -0.1) is 0 Å². The fraction of sp³-hybridized carbons (Fsp3) is 0.125. The Morgan fingerprint density at radius 1 is 1.46 bits per heavy atom. The zero-order valence-corrected chi connectivity index (χ0v) is 9.98. The summed E-state index contributed by atoms with van der Waals surface area (Å²) in [5.74, 6) is 4.25. The SMILES string of the molecule is Cc1c(Br)cc(Br)cc1C(=O)ON. The second-order valence-corrected chi connectivity index (χ2v) is 4.24. The molecule has 0 atom stereocenters. The first-order chi connectivity index (χ1) is 6.06. The Bertz CT molecular complexity index is 352. The van der Waals surface area contributed by atoms with E-state index in [0.29, 0.717) is 5.56 Å². The molecule has 0 aliphatic rings. The van der Waals surface area contributed by atoms with E-state index < -0.39 is 5.97 Å². The molecular formula is C8H7Br2NO2. The van der Waals surface area contributed by atoms with Gasteiger partial charge in [-0.25, -0.2) is 4.79 Å². The average molecular weight is 309 g/mol. The van der Waals surface area contributed by atoms with Crippen molar-refractivity contribution in [3.63, 3.8) is 0 Å². The minimum Gasteiger partial charge on any atom is -0.370 e. The molecule has 0 aromatic heterocycles. The van der Waals surface area contributed by atoms with Gasteiger partial charge in [-0.1, -0.05) is 31.9 Å². The molecule has 2 N–H and O–H groups in total. The van der Waals surface area contributed by atoms with Crippen LogP contribution in [0.25, 0.3) is 0 Å². The molecule has 5 heteroatoms. The molecule has 70 valence electrons. The maximum Gasteiger partial charge on any atom is 0.356 e. The Morgan fingerprint density at radius 2 is 2.08 bits per heavy atom. The van der Waals surface area contributed by atoms with Crippen LogP contribution in [0.4, 0.5) is 0 Å². The normalized spacial score (nSPS) is 9.85. The van der Waals surface area contributed by atoms with Crippen molar-refractivity contribution in [2.24, 2.45) is 5.90 Å². The molecule has 0 spiro atoms. The van der Waals surface area contributed by atoms with Crippen LogP contribution in [0.3, 0.4) is 0 Å². The summed E-state index contributed by atoms with van der Waals surface area (Å²) in [6, 6.07) is 3.51. The van der Waals surface area contributed by atoms with Gasteiger partial charge in [-0.3, -0.25) is 0 Å². The molecule has 0 amide bonds. The molecule has 13 heavy (non-hydrogen) atoms. The predicted molar refractivity (Wildman–Crippen MR) is 56.2 cm³/mol. The molecule has 3 nitrogen and oxygen atoms in total. The fourth-order valence-electron chi connectivity index (χ4n) is 0.921. The van der Waals surface area contributed by atoms with E-state index in [0.717, 1.165) is 14.5 Å². The summed E-state index contributed by atoms with van der Waals surface area (Å²) in [6.45, 7) is 1.81. The lowest BCUT2D eigenvalue weighted by Gasteiger charge is -2.05. The number of benzene rings is 1. The zero-order valence-electron chi connectivity index (χ0n) is 6.80. The molecule has 0 aliphatic heterocycles. The lowest BCUT2D eigenvalue weighted by molar-refractivity contribution is 0.0502. The van der Waals surface area contributed by atoms with Crippen LogP contribution in [0.1, 0.15) is 15.9 Å². The molecular weight excluding hydrogens is 302 g/mol. The summed E-state index contributed by atoms with van der Waals surface area (Å²) in [4.78, 5) is 15.3. The molecule has 0 unspecified atom stereocenters. The monoisotopic (exact) mass is 307 g/mol. The highest BCUT2D eigenvalue weighted by Gasteiger charge is 2.12. The Kier molecular flexibility index (Phi) is 3.47. The second-order valence-electron chi connectivity index (χ2n) is 2.47. The Morgan fingerprint density at radius 3 is 2.62 bits per heavy atom. The highest BCUT2D eigenvalue weighted by atomic mass is 79.9. The highest BCUT2D eigenvalue weighted by Crippen LogP contribution is 2.25. The van der Waals surface area contributed by atoms with Crippen LogP contribution in [0.5, 0.6) is 0 Å². The number of carbonyl (C=O) groups is 1. The van der Waals surface area contributed by atoms with E-state index >= 15 is 0 Å². The minimum absolute atomic E-state index is 0.448. The zero-order chi connectivity index (χ0) is 10.0. The smallest absolute Gasteiger partial charge is 0.356 e. The minimum atomic E-state index is -0.542. The van der Waals surface area contributed by atoms with Crippen molar-refractivity contribution in [2.45, 2.75) is 6.92 Å². The van der Waals surface area contributed by atoms with E-state index in [1.165, 1.54) is 0 Å². The van der Waals surface area contributed by atoms with E-state index in [4.69, 9.17) is 5.90 Å². The van der Waals surface area contributed by atoms with Crippen molar-refractivity contribution in [1.82, 2.24) is 0 Å². The fourth-order valence-corrected chi connectivity index (χ4v) is 2.15. The summed E-state index contributed by atoms with van der Waals surface area (Å²) in [6.07, 6.45) is 0. The number of halogens is 2. The van der Waals surface area contributed by atoms with Crippen LogP contribution in [-0.2, 0) is 4.84 Å². The average Bonchev–Trinajstić information content (AvgIpc) is 2.10. The third-order valence-corrected chi connectivity index (χ3v) is 2.92. The number of hydrogen-bond acceptors (Lipinski definition) is 3. The van der Waals surface area contributed by atoms with Crippen molar-refractivity contribution in [3.05, 3.63) is 32.2 Å². The molecule has 0 aliphatic carbocycles. The maximum atomic E-state index is 11.1. The second kappa shape index (κ2) is 4.21. The summed E-state index contributed by atoms with van der Waals surface area (Å²) in [5, 5.41) is 0. The Labute approximate surface area is 92.5 Å². The number of nitrogens with two attached hydrogens (primary N) is 1. The number of rotatable bonds is 1. The van der Waals surface area contributed by atoms with Gasteiger partial charge < -0.3 is 4.84 Å². The molecule has 1 aromatic carbocycles. The summed E-state index contributed by atoms with van der Waals surface area (Å²) in [5.41, 5.74) is 1.25. The van der Waals surface area contributed by atoms with Crippen LogP contribution < -0.4 is 5.90 Å². The molecule has 0 radical (unpaired) electrons. The van der Waals surface area contributed by atoms with Crippen LogP contribution in [0.15, 0.2) is 21.1 Å². The lowest BCUT2D eigenvalue weighted by atomic mass is 10.1. The van der Waals surface area contributed by atoms with Gasteiger partial charge in [0.25, 0.3) is 0 Å². The van der Waals surface area contributed by atoms with Crippen molar-refractivity contribution in [3.8, 4) is 0 Å². The van der Waals surface area contributed by atoms with Crippen LogP contribution in [0.2, 0.25) is 0 Å². The molecule has 0 heterocycles. The van der Waals surface area contributed by atoms with Crippen molar-refractivity contribution >= 4 is 37.8 Å². The van der Waals surface area contributed by atoms with E-state index in [1.807, 2.05) is 13.0 Å². The molecule has 0 bridgehead atoms. The van der Waals surface area contributed by atoms with Gasteiger partial charge in [0.05, 0.1) is 5.56 Å². The van der Waals surface area contributed by atoms with Gasteiger partial charge in [0, 0.05) is 8.95 Å². The van der Waals surface area contributed by atoms with Gasteiger partial charge in [-0.2, -0.15) is 5.90 Å².